The van der Waals surface area contributed by atoms with Crippen molar-refractivity contribution in [1.82, 2.24) is 20.1 Å². The lowest BCUT2D eigenvalue weighted by atomic mass is 10.0. The maximum absolute atomic E-state index is 12.9. The molecule has 3 rings (SSSR count). The summed E-state index contributed by atoms with van der Waals surface area (Å²) in [5, 5.41) is 7.56. The summed E-state index contributed by atoms with van der Waals surface area (Å²) in [6.45, 7) is 1.95. The maximum Gasteiger partial charge on any atom is 0.329 e. The van der Waals surface area contributed by atoms with Gasteiger partial charge in [-0.25, -0.2) is 9.78 Å². The van der Waals surface area contributed by atoms with E-state index in [2.05, 4.69) is 28.0 Å². The van der Waals surface area contributed by atoms with E-state index in [-0.39, 0.29) is 18.3 Å². The number of nitrogens with one attached hydrogen (secondary N) is 1. The Morgan fingerprint density at radius 2 is 2.11 bits per heavy atom. The van der Waals surface area contributed by atoms with Crippen molar-refractivity contribution in [3.63, 3.8) is 0 Å². The molecule has 2 heterocycles. The second kappa shape index (κ2) is 8.22. The van der Waals surface area contributed by atoms with Crippen molar-refractivity contribution in [2.75, 3.05) is 12.4 Å². The topological polar surface area (TPSA) is 86.1 Å². The normalized spacial score (nSPS) is 12.0. The summed E-state index contributed by atoms with van der Waals surface area (Å²) in [5.74, 6) is -0.749. The van der Waals surface area contributed by atoms with Crippen molar-refractivity contribution in [3.8, 4) is 11.3 Å². The number of hydrogen-bond acceptors (Lipinski definition) is 6. The van der Waals surface area contributed by atoms with Crippen LogP contribution in [0.3, 0.4) is 0 Å². The zero-order chi connectivity index (χ0) is 19.4. The number of aromatic nitrogens is 3. The molecule has 3 aromatic rings. The quantitative estimate of drug-likeness (QED) is 0.503. The summed E-state index contributed by atoms with van der Waals surface area (Å²) in [6, 6.07) is 8.24. The fourth-order valence-corrected chi connectivity index (χ4v) is 2.96. The summed E-state index contributed by atoms with van der Waals surface area (Å²) in [7, 11) is 1.81. The first-order valence-corrected chi connectivity index (χ1v) is 9.14. The minimum Gasteiger partial charge on any atom is -0.464 e. The van der Waals surface area contributed by atoms with Gasteiger partial charge in [0.1, 0.15) is 6.04 Å². The van der Waals surface area contributed by atoms with Crippen LogP contribution in [-0.2, 0) is 16.6 Å². The van der Waals surface area contributed by atoms with Crippen LogP contribution in [0, 0.1) is 0 Å². The molecule has 0 aliphatic heterocycles. The van der Waals surface area contributed by atoms with Crippen LogP contribution < -0.4 is 5.32 Å². The van der Waals surface area contributed by atoms with Crippen molar-refractivity contribution in [3.05, 3.63) is 48.3 Å². The van der Waals surface area contributed by atoms with E-state index in [1.54, 1.807) is 23.9 Å². The van der Waals surface area contributed by atoms with Crippen LogP contribution in [0.25, 0.3) is 22.2 Å². The highest BCUT2D eigenvalue weighted by atomic mass is 32.1. The summed E-state index contributed by atoms with van der Waals surface area (Å²) in [5.41, 5.74) is 2.54. The van der Waals surface area contributed by atoms with Crippen LogP contribution in [0.15, 0.2) is 42.7 Å². The molecule has 140 valence electrons. The van der Waals surface area contributed by atoms with Crippen LogP contribution in [-0.4, -0.2) is 45.0 Å². The van der Waals surface area contributed by atoms with Gasteiger partial charge in [-0.1, -0.05) is 18.2 Å². The third kappa shape index (κ3) is 4.11. The van der Waals surface area contributed by atoms with E-state index in [0.29, 0.717) is 22.2 Å². The van der Waals surface area contributed by atoms with Gasteiger partial charge in [0.15, 0.2) is 0 Å². The number of fused-ring (bicyclic) bond motifs is 1. The molecule has 27 heavy (non-hydrogen) atoms. The van der Waals surface area contributed by atoms with E-state index in [9.17, 15) is 9.59 Å². The van der Waals surface area contributed by atoms with Gasteiger partial charge < -0.3 is 10.1 Å². The Balaban J connectivity index is 2.01. The summed E-state index contributed by atoms with van der Waals surface area (Å²) < 4.78 is 6.66. The van der Waals surface area contributed by atoms with E-state index >= 15 is 0 Å². The number of carbonyl (C=O) groups excluding carboxylic acids is 2. The number of nitrogens with zero attached hydrogens (tertiary/aromatic N) is 3. The second-order valence-corrected chi connectivity index (χ2v) is 6.30. The van der Waals surface area contributed by atoms with Crippen molar-refractivity contribution < 1.29 is 14.3 Å². The fraction of sp³-hybridized carbons (Fsp3) is 0.263. The molecule has 0 saturated carbocycles. The molecule has 0 aliphatic rings. The number of para-hydroxylation sites is 1. The van der Waals surface area contributed by atoms with Crippen LogP contribution in [0.2, 0.25) is 0 Å². The van der Waals surface area contributed by atoms with Gasteiger partial charge in [-0.05, 0) is 19.1 Å². The Kier molecular flexibility index (Phi) is 5.75. The van der Waals surface area contributed by atoms with Crippen LogP contribution in [0.4, 0.5) is 0 Å². The lowest BCUT2D eigenvalue weighted by molar-refractivity contribution is -0.144. The van der Waals surface area contributed by atoms with Gasteiger partial charge in [0, 0.05) is 29.9 Å². The first kappa shape index (κ1) is 18.9. The van der Waals surface area contributed by atoms with Gasteiger partial charge in [0.25, 0.3) is 5.91 Å². The molecule has 8 heteroatoms. The smallest absolute Gasteiger partial charge is 0.329 e. The van der Waals surface area contributed by atoms with E-state index in [1.165, 1.54) is 0 Å². The molecule has 1 atom stereocenters. The Bertz CT molecular complexity index is 986. The summed E-state index contributed by atoms with van der Waals surface area (Å²) >= 11 is 4.15. The first-order valence-electron chi connectivity index (χ1n) is 8.50. The third-order valence-corrected chi connectivity index (χ3v) is 4.39. The molecule has 1 amide bonds. The Hall–Kier alpha value is -2.87. The number of esters is 1. The predicted molar refractivity (Wildman–Crippen MR) is 106 cm³/mol. The number of hydrogen-bond donors (Lipinski definition) is 2. The van der Waals surface area contributed by atoms with Gasteiger partial charge in [-0.2, -0.15) is 17.7 Å². The predicted octanol–water partition coefficient (Wildman–Crippen LogP) is 2.23. The summed E-state index contributed by atoms with van der Waals surface area (Å²) in [4.78, 5) is 29.5. The van der Waals surface area contributed by atoms with Crippen molar-refractivity contribution in [1.29, 1.82) is 0 Å². The minimum absolute atomic E-state index is 0.142. The average Bonchev–Trinajstić information content (AvgIpc) is 3.11. The third-order valence-electron chi connectivity index (χ3n) is 4.02. The molecule has 0 radical (unpaired) electrons. The van der Waals surface area contributed by atoms with Crippen molar-refractivity contribution in [2.24, 2.45) is 7.05 Å². The average molecular weight is 384 g/mol. The number of aryl methyl sites for hydroxylation is 1. The monoisotopic (exact) mass is 384 g/mol. The highest BCUT2D eigenvalue weighted by molar-refractivity contribution is 7.80. The number of rotatable bonds is 6. The number of ether oxygens (including phenoxy) is 1. The Morgan fingerprint density at radius 3 is 2.78 bits per heavy atom. The second-order valence-electron chi connectivity index (χ2n) is 5.94. The van der Waals surface area contributed by atoms with E-state index in [4.69, 9.17) is 4.74 Å². The molecule has 0 unspecified atom stereocenters. The molecule has 1 N–H and O–H groups in total. The molecule has 0 aliphatic carbocycles. The van der Waals surface area contributed by atoms with Crippen LogP contribution >= 0.6 is 12.6 Å². The molecule has 0 fully saturated rings. The minimum atomic E-state index is -0.824. The molecule has 7 nitrogen and oxygen atoms in total. The maximum atomic E-state index is 12.9. The van der Waals surface area contributed by atoms with Crippen molar-refractivity contribution >= 4 is 35.4 Å². The molecule has 2 aromatic heterocycles. The SMILES string of the molecule is CCOC(=O)[C@H](CS)NC(=O)c1cc(-c2cnn(C)c2)nc2ccccc12. The van der Waals surface area contributed by atoms with Crippen LogP contribution in [0.5, 0.6) is 0 Å². The van der Waals surface area contributed by atoms with Gasteiger partial charge in [-0.3, -0.25) is 9.48 Å². The zero-order valence-corrected chi connectivity index (χ0v) is 15.9. The van der Waals surface area contributed by atoms with Crippen molar-refractivity contribution in [2.45, 2.75) is 13.0 Å². The summed E-state index contributed by atoms with van der Waals surface area (Å²) in [6.07, 6.45) is 3.52. The molecule has 0 bridgehead atoms. The molecular weight excluding hydrogens is 364 g/mol. The Labute approximate surface area is 162 Å². The molecule has 0 saturated heterocycles. The van der Waals surface area contributed by atoms with Gasteiger partial charge >= 0.3 is 5.97 Å². The standard InChI is InChI=1S/C19H20N4O3S/c1-3-26-19(25)17(11-27)22-18(24)14-8-16(12-9-20-23(2)10-12)21-15-7-5-4-6-13(14)15/h4-10,17,27H,3,11H2,1-2H3,(H,22,24)/t17-/m0/s1. The number of pyridine rings is 1. The van der Waals surface area contributed by atoms with E-state index in [1.807, 2.05) is 37.5 Å². The largest absolute Gasteiger partial charge is 0.464 e. The number of thiol groups is 1. The highest BCUT2D eigenvalue weighted by Gasteiger charge is 2.23. The van der Waals surface area contributed by atoms with Gasteiger partial charge in [-0.15, -0.1) is 0 Å². The number of amides is 1. The lowest BCUT2D eigenvalue weighted by Crippen LogP contribution is -2.43. The fourth-order valence-electron chi connectivity index (χ4n) is 2.72. The Morgan fingerprint density at radius 1 is 1.33 bits per heavy atom. The first-order chi connectivity index (χ1) is 13.0. The van der Waals surface area contributed by atoms with Gasteiger partial charge in [0.05, 0.1) is 29.6 Å². The molecule has 0 spiro atoms. The number of carbonyl (C=O) groups is 2. The zero-order valence-electron chi connectivity index (χ0n) is 15.0. The lowest BCUT2D eigenvalue weighted by Gasteiger charge is -2.16. The van der Waals surface area contributed by atoms with Gasteiger partial charge in [0.2, 0.25) is 0 Å². The number of benzene rings is 1. The highest BCUT2D eigenvalue weighted by Crippen LogP contribution is 2.24. The van der Waals surface area contributed by atoms with E-state index in [0.717, 1.165) is 5.56 Å². The van der Waals surface area contributed by atoms with E-state index < -0.39 is 12.0 Å². The molecular formula is C19H20N4O3S. The molecule has 1 aromatic carbocycles. The van der Waals surface area contributed by atoms with Crippen LogP contribution in [0.1, 0.15) is 17.3 Å².